The third kappa shape index (κ3) is 6.45. The number of nitrogens with zero attached hydrogens (tertiary/aromatic N) is 4. The highest BCUT2D eigenvalue weighted by molar-refractivity contribution is 5.92. The normalized spacial score (nSPS) is 14.5. The van der Waals surface area contributed by atoms with Gasteiger partial charge >= 0.3 is 0 Å². The van der Waals surface area contributed by atoms with Crippen LogP contribution in [0.2, 0.25) is 0 Å². The summed E-state index contributed by atoms with van der Waals surface area (Å²) in [6, 6.07) is 7.47. The Morgan fingerprint density at radius 3 is 2.44 bits per heavy atom. The van der Waals surface area contributed by atoms with Crippen LogP contribution >= 0.6 is 0 Å². The Balaban J connectivity index is 1.44. The van der Waals surface area contributed by atoms with Crippen LogP contribution in [0.1, 0.15) is 24.4 Å². The third-order valence-corrected chi connectivity index (χ3v) is 6.78. The molecule has 210 valence electrons. The molecule has 0 spiro atoms. The van der Waals surface area contributed by atoms with E-state index in [9.17, 15) is 9.18 Å². The largest absolute Gasteiger partial charge is 0.493 e. The van der Waals surface area contributed by atoms with Gasteiger partial charge < -0.3 is 35.1 Å². The highest BCUT2D eigenvalue weighted by atomic mass is 19.1. The molecule has 0 radical (unpaired) electrons. The van der Waals surface area contributed by atoms with Crippen molar-refractivity contribution in [2.24, 2.45) is 0 Å². The Hall–Kier alpha value is -3.77. The molecule has 1 aliphatic heterocycles. The van der Waals surface area contributed by atoms with Gasteiger partial charge in [-0.2, -0.15) is 4.98 Å². The van der Waals surface area contributed by atoms with Crippen molar-refractivity contribution >= 4 is 28.6 Å². The molecule has 4 rings (SSSR count). The molecule has 1 aromatic heterocycles. The van der Waals surface area contributed by atoms with Crippen LogP contribution in [-0.2, 0) is 9.53 Å². The van der Waals surface area contributed by atoms with E-state index >= 15 is 4.39 Å². The fraction of sp³-hybridized carbons (Fsp3) is 0.444. The molecule has 12 heteroatoms. The van der Waals surface area contributed by atoms with E-state index in [0.29, 0.717) is 44.7 Å². The summed E-state index contributed by atoms with van der Waals surface area (Å²) in [5.74, 6) is -0.489. The van der Waals surface area contributed by atoms with Crippen LogP contribution in [0.5, 0.6) is 11.5 Å². The molecule has 0 saturated carbocycles. The average molecular weight is 545 g/mol. The van der Waals surface area contributed by atoms with E-state index in [4.69, 9.17) is 19.9 Å². The van der Waals surface area contributed by atoms with Crippen molar-refractivity contribution in [3.63, 3.8) is 0 Å². The lowest BCUT2D eigenvalue weighted by Crippen LogP contribution is -2.50. The number of methoxy groups -OCH3 is 3. The lowest BCUT2D eigenvalue weighted by Gasteiger charge is -2.35. The number of nitrogen functional groups attached to an aromatic ring is 1. The number of ether oxygens (including phenoxy) is 3. The average Bonchev–Trinajstić information content (AvgIpc) is 2.95. The molecule has 3 N–H and O–H groups in total. The number of benzene rings is 2. The van der Waals surface area contributed by atoms with Crippen LogP contribution in [-0.4, -0.2) is 81.4 Å². The van der Waals surface area contributed by atoms with Crippen molar-refractivity contribution < 1.29 is 27.8 Å². The number of rotatable bonds is 11. The Morgan fingerprint density at radius 2 is 1.79 bits per heavy atom. The molecule has 1 unspecified atom stereocenters. The predicted octanol–water partition coefficient (Wildman–Crippen LogP) is 2.91. The summed E-state index contributed by atoms with van der Waals surface area (Å²) in [7, 11) is 4.40. The molecule has 0 bridgehead atoms. The minimum atomic E-state index is -0.680. The number of amides is 1. The molecule has 39 heavy (non-hydrogen) atoms. The van der Waals surface area contributed by atoms with E-state index in [1.165, 1.54) is 26.4 Å². The molecule has 1 saturated heterocycles. The number of nitrogens with one attached hydrogen (secondary N) is 1. The maximum Gasteiger partial charge on any atom is 0.228 e. The van der Waals surface area contributed by atoms with Crippen molar-refractivity contribution in [2.45, 2.75) is 18.9 Å². The van der Waals surface area contributed by atoms with Crippen molar-refractivity contribution in [3.05, 3.63) is 47.5 Å². The van der Waals surface area contributed by atoms with E-state index in [1.807, 2.05) is 4.90 Å². The number of hydrogen-bond acceptors (Lipinski definition) is 9. The fourth-order valence-electron chi connectivity index (χ4n) is 4.64. The SMILES string of the molecule is COCCCNC(CC(=O)N1CCN(c2nc(N)c3cc(OC)c(OC)c(F)c3n2)CC1)c1ccc(F)cc1. The number of fused-ring (bicyclic) bond motifs is 1. The zero-order chi connectivity index (χ0) is 27.9. The van der Waals surface area contributed by atoms with E-state index in [2.05, 4.69) is 15.3 Å². The number of carbonyl (C=O) groups excluding carboxylic acids is 1. The molecule has 2 heterocycles. The van der Waals surface area contributed by atoms with Crippen molar-refractivity contribution in [1.29, 1.82) is 0 Å². The lowest BCUT2D eigenvalue weighted by molar-refractivity contribution is -0.132. The number of carbonyl (C=O) groups is 1. The van der Waals surface area contributed by atoms with Crippen molar-refractivity contribution in [2.75, 3.05) is 71.3 Å². The Morgan fingerprint density at radius 1 is 1.08 bits per heavy atom. The Bertz CT molecular complexity index is 1290. The van der Waals surface area contributed by atoms with Gasteiger partial charge in [0.15, 0.2) is 17.3 Å². The van der Waals surface area contributed by atoms with E-state index < -0.39 is 5.82 Å². The summed E-state index contributed by atoms with van der Waals surface area (Å²) in [6.07, 6.45) is 1.01. The van der Waals surface area contributed by atoms with Crippen molar-refractivity contribution in [1.82, 2.24) is 20.2 Å². The quantitative estimate of drug-likeness (QED) is 0.352. The Kier molecular flexibility index (Phi) is 9.31. The highest BCUT2D eigenvalue weighted by Crippen LogP contribution is 2.37. The van der Waals surface area contributed by atoms with Gasteiger partial charge in [0.25, 0.3) is 0 Å². The second-order valence-corrected chi connectivity index (χ2v) is 9.21. The fourth-order valence-corrected chi connectivity index (χ4v) is 4.64. The van der Waals surface area contributed by atoms with E-state index in [-0.39, 0.29) is 53.0 Å². The molecule has 3 aromatic rings. The molecular formula is C27H34F2N6O4. The first-order chi connectivity index (χ1) is 18.9. The standard InChI is InChI=1S/C27H34F2N6O4/c1-37-14-4-9-31-20(17-5-7-18(28)8-6-17)16-22(36)34-10-12-35(13-11-34)27-32-24-19(26(30)33-27)15-21(38-2)25(39-3)23(24)29/h5-8,15,20,31H,4,9-14,16H2,1-3H3,(H2,30,32,33). The number of halogens is 2. The highest BCUT2D eigenvalue weighted by Gasteiger charge is 2.27. The van der Waals surface area contributed by atoms with Crippen LogP contribution in [0.25, 0.3) is 10.9 Å². The van der Waals surface area contributed by atoms with Gasteiger partial charge in [0.1, 0.15) is 17.2 Å². The summed E-state index contributed by atoms with van der Waals surface area (Å²) in [6.45, 7) is 3.04. The van der Waals surface area contributed by atoms with Gasteiger partial charge in [0, 0.05) is 57.7 Å². The van der Waals surface area contributed by atoms with Crippen LogP contribution in [0.4, 0.5) is 20.5 Å². The number of aromatic nitrogens is 2. The minimum absolute atomic E-state index is 0.0231. The van der Waals surface area contributed by atoms with Gasteiger partial charge in [-0.05, 0) is 36.7 Å². The molecular weight excluding hydrogens is 510 g/mol. The first-order valence-electron chi connectivity index (χ1n) is 12.7. The van der Waals surface area contributed by atoms with Gasteiger partial charge in [-0.15, -0.1) is 0 Å². The molecule has 1 aliphatic rings. The lowest BCUT2D eigenvalue weighted by atomic mass is 10.0. The summed E-state index contributed by atoms with van der Waals surface area (Å²) >= 11 is 0. The monoisotopic (exact) mass is 544 g/mol. The zero-order valence-corrected chi connectivity index (χ0v) is 22.4. The summed E-state index contributed by atoms with van der Waals surface area (Å²) in [5.41, 5.74) is 7.04. The number of nitrogens with two attached hydrogens (primary N) is 1. The molecule has 0 aliphatic carbocycles. The topological polar surface area (TPSA) is 115 Å². The Labute approximate surface area is 226 Å². The van der Waals surface area contributed by atoms with Crippen LogP contribution in [0.3, 0.4) is 0 Å². The molecule has 1 amide bonds. The van der Waals surface area contributed by atoms with Gasteiger partial charge in [-0.1, -0.05) is 12.1 Å². The summed E-state index contributed by atoms with van der Waals surface area (Å²) in [4.78, 5) is 25.7. The summed E-state index contributed by atoms with van der Waals surface area (Å²) < 4.78 is 44.1. The van der Waals surface area contributed by atoms with Gasteiger partial charge in [-0.3, -0.25) is 4.79 Å². The second kappa shape index (κ2) is 12.9. The van der Waals surface area contributed by atoms with Gasteiger partial charge in [0.05, 0.1) is 14.2 Å². The number of piperazine rings is 1. The number of anilines is 2. The van der Waals surface area contributed by atoms with E-state index in [1.54, 1.807) is 30.2 Å². The first-order valence-corrected chi connectivity index (χ1v) is 12.7. The number of hydrogen-bond donors (Lipinski definition) is 2. The molecule has 1 fully saturated rings. The maximum absolute atomic E-state index is 15.2. The van der Waals surface area contributed by atoms with Gasteiger partial charge in [-0.25, -0.2) is 13.8 Å². The molecule has 2 aromatic carbocycles. The smallest absolute Gasteiger partial charge is 0.228 e. The summed E-state index contributed by atoms with van der Waals surface area (Å²) in [5, 5.41) is 3.72. The molecule has 10 nitrogen and oxygen atoms in total. The van der Waals surface area contributed by atoms with Gasteiger partial charge in [0.2, 0.25) is 11.9 Å². The predicted molar refractivity (Wildman–Crippen MR) is 144 cm³/mol. The van der Waals surface area contributed by atoms with Crippen LogP contribution < -0.4 is 25.4 Å². The molecule has 1 atom stereocenters. The van der Waals surface area contributed by atoms with E-state index in [0.717, 1.165) is 12.0 Å². The minimum Gasteiger partial charge on any atom is -0.493 e. The third-order valence-electron chi connectivity index (χ3n) is 6.78. The second-order valence-electron chi connectivity index (χ2n) is 9.21. The van der Waals surface area contributed by atoms with Crippen LogP contribution in [0, 0.1) is 11.6 Å². The maximum atomic E-state index is 15.2. The van der Waals surface area contributed by atoms with Crippen molar-refractivity contribution in [3.8, 4) is 11.5 Å². The zero-order valence-electron chi connectivity index (χ0n) is 22.4. The first kappa shape index (κ1) is 28.2. The van der Waals surface area contributed by atoms with Crippen LogP contribution in [0.15, 0.2) is 30.3 Å².